The molecule has 0 saturated carbocycles. The number of piperidine rings is 1. The minimum atomic E-state index is -0.364. The first kappa shape index (κ1) is 18.2. The Kier molecular flexibility index (Phi) is 5.32. The topological polar surface area (TPSA) is 76.3 Å². The van der Waals surface area contributed by atoms with Crippen molar-refractivity contribution in [2.75, 3.05) is 6.54 Å². The highest BCUT2D eigenvalue weighted by molar-refractivity contribution is 7.13. The van der Waals surface area contributed by atoms with Crippen LogP contribution in [0, 0.1) is 5.92 Å². The molecule has 1 aromatic heterocycles. The molecule has 5 nitrogen and oxygen atoms in total. The molecule has 2 amide bonds. The number of thiazole rings is 1. The number of rotatable bonds is 3. The molecule has 0 bridgehead atoms. The lowest BCUT2D eigenvalue weighted by molar-refractivity contribution is -0.123. The summed E-state index contributed by atoms with van der Waals surface area (Å²) in [6.45, 7) is 2.31. The summed E-state index contributed by atoms with van der Waals surface area (Å²) in [5.41, 5.74) is 6.49. The zero-order chi connectivity index (χ0) is 18.1. The van der Waals surface area contributed by atoms with E-state index in [4.69, 9.17) is 28.9 Å². The van der Waals surface area contributed by atoms with Crippen molar-refractivity contribution in [2.24, 2.45) is 11.7 Å². The van der Waals surface area contributed by atoms with E-state index in [2.05, 4.69) is 4.98 Å². The highest BCUT2D eigenvalue weighted by atomic mass is 35.5. The normalized spacial score (nSPS) is 20.5. The number of aromatic nitrogens is 1. The SMILES string of the molecule is C[C@H]1CC[C@H](C(N)=O)CN1C(=O)c1csc(-c2ccc(Cl)cc2Cl)n1. The van der Waals surface area contributed by atoms with Gasteiger partial charge in [0.05, 0.1) is 10.9 Å². The molecule has 3 rings (SSSR count). The Morgan fingerprint density at radius 1 is 1.32 bits per heavy atom. The summed E-state index contributed by atoms with van der Waals surface area (Å²) in [4.78, 5) is 30.4. The molecule has 1 fully saturated rings. The molecule has 0 spiro atoms. The van der Waals surface area contributed by atoms with Crippen LogP contribution in [0.1, 0.15) is 30.3 Å². The second-order valence-electron chi connectivity index (χ2n) is 6.15. The van der Waals surface area contributed by atoms with Gasteiger partial charge in [-0.05, 0) is 38.0 Å². The van der Waals surface area contributed by atoms with Crippen LogP contribution in [0.15, 0.2) is 23.6 Å². The minimum absolute atomic E-state index is 0.0485. The lowest BCUT2D eigenvalue weighted by Crippen LogP contribution is -2.48. The molecule has 25 heavy (non-hydrogen) atoms. The lowest BCUT2D eigenvalue weighted by Gasteiger charge is -2.36. The van der Waals surface area contributed by atoms with E-state index in [1.807, 2.05) is 6.92 Å². The number of halogens is 2. The molecule has 1 aromatic carbocycles. The minimum Gasteiger partial charge on any atom is -0.369 e. The van der Waals surface area contributed by atoms with Crippen molar-refractivity contribution < 1.29 is 9.59 Å². The van der Waals surface area contributed by atoms with E-state index in [0.717, 1.165) is 12.0 Å². The second-order valence-corrected chi connectivity index (χ2v) is 7.85. The second kappa shape index (κ2) is 7.32. The van der Waals surface area contributed by atoms with E-state index in [1.54, 1.807) is 28.5 Å². The number of hydrogen-bond donors (Lipinski definition) is 1. The van der Waals surface area contributed by atoms with Crippen LogP contribution < -0.4 is 5.73 Å². The van der Waals surface area contributed by atoms with Gasteiger partial charge in [0, 0.05) is 28.6 Å². The number of primary amides is 1. The van der Waals surface area contributed by atoms with Crippen molar-refractivity contribution in [1.82, 2.24) is 9.88 Å². The van der Waals surface area contributed by atoms with Gasteiger partial charge >= 0.3 is 0 Å². The smallest absolute Gasteiger partial charge is 0.273 e. The number of carbonyl (C=O) groups excluding carboxylic acids is 2. The predicted molar refractivity (Wildman–Crippen MR) is 100.0 cm³/mol. The van der Waals surface area contributed by atoms with Crippen LogP contribution in [-0.4, -0.2) is 34.3 Å². The molecule has 0 aliphatic carbocycles. The third-order valence-corrected chi connectivity index (χ3v) is 5.85. The van der Waals surface area contributed by atoms with Gasteiger partial charge in [0.1, 0.15) is 10.7 Å². The van der Waals surface area contributed by atoms with Gasteiger partial charge in [-0.3, -0.25) is 9.59 Å². The summed E-state index contributed by atoms with van der Waals surface area (Å²) in [6.07, 6.45) is 1.46. The molecular weight excluding hydrogens is 381 g/mol. The molecule has 0 unspecified atom stereocenters. The predicted octanol–water partition coefficient (Wildman–Crippen LogP) is 3.84. The number of benzene rings is 1. The number of amides is 2. The molecule has 2 aromatic rings. The highest BCUT2D eigenvalue weighted by Crippen LogP contribution is 2.33. The zero-order valence-corrected chi connectivity index (χ0v) is 15.9. The van der Waals surface area contributed by atoms with Gasteiger partial charge in [-0.15, -0.1) is 11.3 Å². The third kappa shape index (κ3) is 3.81. The molecule has 0 radical (unpaired) electrons. The first-order valence-electron chi connectivity index (χ1n) is 7.88. The molecule has 2 atom stereocenters. The number of carbonyl (C=O) groups is 2. The molecule has 1 saturated heterocycles. The maximum absolute atomic E-state index is 12.8. The Labute approximate surface area is 159 Å². The Bertz CT molecular complexity index is 824. The summed E-state index contributed by atoms with van der Waals surface area (Å²) in [5.74, 6) is -0.855. The van der Waals surface area contributed by atoms with Crippen molar-refractivity contribution in [3.05, 3.63) is 39.3 Å². The molecule has 1 aliphatic heterocycles. The van der Waals surface area contributed by atoms with Crippen molar-refractivity contribution in [2.45, 2.75) is 25.8 Å². The average Bonchev–Trinajstić information content (AvgIpc) is 3.04. The van der Waals surface area contributed by atoms with Gasteiger partial charge in [-0.25, -0.2) is 4.98 Å². The molecule has 1 aliphatic rings. The molecule has 2 heterocycles. The number of likely N-dealkylation sites (tertiary alicyclic amines) is 1. The summed E-state index contributed by atoms with van der Waals surface area (Å²) in [7, 11) is 0. The molecular formula is C17H17Cl2N3O2S. The number of hydrogen-bond acceptors (Lipinski definition) is 4. The average molecular weight is 398 g/mol. The first-order chi connectivity index (χ1) is 11.9. The fraction of sp³-hybridized carbons (Fsp3) is 0.353. The Morgan fingerprint density at radius 2 is 2.08 bits per heavy atom. The maximum atomic E-state index is 12.8. The van der Waals surface area contributed by atoms with Crippen molar-refractivity contribution in [1.29, 1.82) is 0 Å². The van der Waals surface area contributed by atoms with Crippen molar-refractivity contribution >= 4 is 46.4 Å². The number of nitrogens with two attached hydrogens (primary N) is 1. The molecule has 2 N–H and O–H groups in total. The van der Waals surface area contributed by atoms with Crippen LogP contribution in [0.3, 0.4) is 0 Å². The summed E-state index contributed by atoms with van der Waals surface area (Å²) in [6, 6.07) is 5.21. The standard InChI is InChI=1S/C17H17Cl2N3O2S/c1-9-2-3-10(15(20)23)7-22(9)17(24)14-8-25-16(21-14)12-5-4-11(18)6-13(12)19/h4-6,8-10H,2-3,7H2,1H3,(H2,20,23)/t9-,10-/m0/s1. The zero-order valence-electron chi connectivity index (χ0n) is 13.5. The Morgan fingerprint density at radius 3 is 2.76 bits per heavy atom. The van der Waals surface area contributed by atoms with Crippen LogP contribution in [0.4, 0.5) is 0 Å². The third-order valence-electron chi connectivity index (χ3n) is 4.43. The van der Waals surface area contributed by atoms with Gasteiger partial charge in [0.15, 0.2) is 0 Å². The van der Waals surface area contributed by atoms with Gasteiger partial charge in [0.2, 0.25) is 5.91 Å². The van der Waals surface area contributed by atoms with E-state index in [1.165, 1.54) is 11.3 Å². The summed E-state index contributed by atoms with van der Waals surface area (Å²) in [5, 5.41) is 3.40. The Hall–Kier alpha value is -1.63. The van der Waals surface area contributed by atoms with E-state index < -0.39 is 0 Å². The van der Waals surface area contributed by atoms with Crippen LogP contribution >= 0.6 is 34.5 Å². The quantitative estimate of drug-likeness (QED) is 0.854. The van der Waals surface area contributed by atoms with Crippen LogP contribution in [0.2, 0.25) is 10.0 Å². The van der Waals surface area contributed by atoms with E-state index >= 15 is 0 Å². The Balaban J connectivity index is 1.83. The fourth-order valence-electron chi connectivity index (χ4n) is 2.93. The molecule has 8 heteroatoms. The largest absolute Gasteiger partial charge is 0.369 e. The van der Waals surface area contributed by atoms with Gasteiger partial charge in [-0.1, -0.05) is 23.2 Å². The van der Waals surface area contributed by atoms with E-state index in [-0.39, 0.29) is 23.8 Å². The van der Waals surface area contributed by atoms with E-state index in [9.17, 15) is 9.59 Å². The fourth-order valence-corrected chi connectivity index (χ4v) is 4.31. The lowest BCUT2D eigenvalue weighted by atomic mass is 9.93. The maximum Gasteiger partial charge on any atom is 0.273 e. The first-order valence-corrected chi connectivity index (χ1v) is 9.51. The van der Waals surface area contributed by atoms with Gasteiger partial charge in [-0.2, -0.15) is 0 Å². The monoisotopic (exact) mass is 397 g/mol. The summed E-state index contributed by atoms with van der Waals surface area (Å²) >= 11 is 13.5. The van der Waals surface area contributed by atoms with Gasteiger partial charge < -0.3 is 10.6 Å². The number of nitrogens with zero attached hydrogens (tertiary/aromatic N) is 2. The van der Waals surface area contributed by atoms with Crippen molar-refractivity contribution in [3.8, 4) is 10.6 Å². The highest BCUT2D eigenvalue weighted by Gasteiger charge is 2.33. The molecule has 132 valence electrons. The summed E-state index contributed by atoms with van der Waals surface area (Å²) < 4.78 is 0. The van der Waals surface area contributed by atoms with Gasteiger partial charge in [0.25, 0.3) is 5.91 Å². The van der Waals surface area contributed by atoms with Crippen LogP contribution in [0.5, 0.6) is 0 Å². The van der Waals surface area contributed by atoms with E-state index in [0.29, 0.717) is 33.7 Å². The van der Waals surface area contributed by atoms with Crippen LogP contribution in [0.25, 0.3) is 10.6 Å². The van der Waals surface area contributed by atoms with Crippen molar-refractivity contribution in [3.63, 3.8) is 0 Å². The van der Waals surface area contributed by atoms with Crippen LogP contribution in [-0.2, 0) is 4.79 Å².